The van der Waals surface area contributed by atoms with Crippen LogP contribution in [0.2, 0.25) is 0 Å². The number of carbonyl (C=O) groups is 1. The SMILES string of the molecule is Cc1cc(=O)n(Cc2cc(C(=O)NN)co2)cc1[N+](=O)[O-]. The Bertz CT molecular complexity index is 761. The van der Waals surface area contributed by atoms with Crippen LogP contribution in [0.5, 0.6) is 0 Å². The molecular weight excluding hydrogens is 280 g/mol. The minimum atomic E-state index is -0.569. The van der Waals surface area contributed by atoms with E-state index >= 15 is 0 Å². The van der Waals surface area contributed by atoms with Crippen LogP contribution in [0.1, 0.15) is 21.7 Å². The van der Waals surface area contributed by atoms with Crippen LogP contribution in [0.4, 0.5) is 5.69 Å². The molecule has 0 aliphatic heterocycles. The summed E-state index contributed by atoms with van der Waals surface area (Å²) >= 11 is 0. The number of aryl methyl sites for hydroxylation is 1. The molecular formula is C12H12N4O5. The molecule has 2 aromatic heterocycles. The quantitative estimate of drug-likeness (QED) is 0.360. The van der Waals surface area contributed by atoms with E-state index < -0.39 is 16.4 Å². The van der Waals surface area contributed by atoms with Crippen molar-refractivity contribution in [1.29, 1.82) is 0 Å². The summed E-state index contributed by atoms with van der Waals surface area (Å²) in [5.74, 6) is 4.75. The molecule has 0 saturated carbocycles. The van der Waals surface area contributed by atoms with E-state index in [0.717, 1.165) is 10.8 Å². The highest BCUT2D eigenvalue weighted by Gasteiger charge is 2.15. The van der Waals surface area contributed by atoms with Crippen LogP contribution < -0.4 is 16.8 Å². The Labute approximate surface area is 118 Å². The van der Waals surface area contributed by atoms with Crippen molar-refractivity contribution in [2.24, 2.45) is 5.84 Å². The number of nitro groups is 1. The minimum absolute atomic E-state index is 0.0300. The molecule has 0 unspecified atom stereocenters. The molecule has 0 bridgehead atoms. The number of nitrogens with one attached hydrogen (secondary N) is 1. The third kappa shape index (κ3) is 2.98. The first-order chi connectivity index (χ1) is 9.92. The van der Waals surface area contributed by atoms with Gasteiger partial charge in [-0.25, -0.2) is 5.84 Å². The Morgan fingerprint density at radius 1 is 1.52 bits per heavy atom. The fraction of sp³-hybridized carbons (Fsp3) is 0.167. The summed E-state index contributed by atoms with van der Waals surface area (Å²) < 4.78 is 6.26. The molecule has 2 heterocycles. The third-order valence-electron chi connectivity index (χ3n) is 2.88. The smallest absolute Gasteiger partial charge is 0.288 e. The van der Waals surface area contributed by atoms with Crippen LogP contribution in [0.3, 0.4) is 0 Å². The Kier molecular flexibility index (Phi) is 3.85. The van der Waals surface area contributed by atoms with E-state index in [1.807, 2.05) is 5.43 Å². The molecule has 0 atom stereocenters. The molecule has 0 fully saturated rings. The van der Waals surface area contributed by atoms with Crippen molar-refractivity contribution in [3.8, 4) is 0 Å². The summed E-state index contributed by atoms with van der Waals surface area (Å²) in [4.78, 5) is 33.4. The van der Waals surface area contributed by atoms with Crippen LogP contribution in [0.15, 0.2) is 33.8 Å². The normalized spacial score (nSPS) is 10.4. The van der Waals surface area contributed by atoms with Crippen LogP contribution in [-0.2, 0) is 6.54 Å². The van der Waals surface area contributed by atoms with Crippen molar-refractivity contribution in [1.82, 2.24) is 9.99 Å². The number of hydrogen-bond donors (Lipinski definition) is 2. The first-order valence-electron chi connectivity index (χ1n) is 5.86. The van der Waals surface area contributed by atoms with Gasteiger partial charge in [-0.2, -0.15) is 0 Å². The van der Waals surface area contributed by atoms with E-state index in [9.17, 15) is 19.7 Å². The monoisotopic (exact) mass is 292 g/mol. The second-order valence-corrected chi connectivity index (χ2v) is 4.34. The average molecular weight is 292 g/mol. The molecule has 0 radical (unpaired) electrons. The molecule has 9 heteroatoms. The molecule has 21 heavy (non-hydrogen) atoms. The zero-order valence-corrected chi connectivity index (χ0v) is 11.0. The highest BCUT2D eigenvalue weighted by molar-refractivity contribution is 5.93. The maximum Gasteiger partial charge on any atom is 0.288 e. The van der Waals surface area contributed by atoms with Crippen LogP contribution in [0.25, 0.3) is 0 Å². The van der Waals surface area contributed by atoms with Crippen LogP contribution in [-0.4, -0.2) is 15.4 Å². The number of nitrogens with two attached hydrogens (primary N) is 1. The zero-order valence-electron chi connectivity index (χ0n) is 11.0. The predicted octanol–water partition coefficient (Wildman–Crippen LogP) is 0.310. The highest BCUT2D eigenvalue weighted by atomic mass is 16.6. The maximum absolute atomic E-state index is 11.8. The molecule has 9 nitrogen and oxygen atoms in total. The molecule has 0 aliphatic carbocycles. The molecule has 0 saturated heterocycles. The summed E-state index contributed by atoms with van der Waals surface area (Å²) in [6.45, 7) is 1.46. The van der Waals surface area contributed by atoms with Crippen molar-refractivity contribution in [3.63, 3.8) is 0 Å². The lowest BCUT2D eigenvalue weighted by molar-refractivity contribution is -0.385. The van der Waals surface area contributed by atoms with Crippen molar-refractivity contribution in [2.75, 3.05) is 0 Å². The van der Waals surface area contributed by atoms with Gasteiger partial charge in [0.05, 0.1) is 23.2 Å². The molecule has 0 aromatic carbocycles. The van der Waals surface area contributed by atoms with E-state index in [1.54, 1.807) is 0 Å². The fourth-order valence-electron chi connectivity index (χ4n) is 1.80. The number of nitrogen functional groups attached to an aromatic ring is 1. The van der Waals surface area contributed by atoms with Gasteiger partial charge in [0.2, 0.25) is 0 Å². The zero-order chi connectivity index (χ0) is 15.6. The second kappa shape index (κ2) is 5.59. The Morgan fingerprint density at radius 2 is 2.24 bits per heavy atom. The summed E-state index contributed by atoms with van der Waals surface area (Å²) in [6, 6.07) is 2.58. The van der Waals surface area contributed by atoms with E-state index in [1.165, 1.54) is 25.3 Å². The predicted molar refractivity (Wildman–Crippen MR) is 71.6 cm³/mol. The molecule has 0 aliphatic rings. The first-order valence-corrected chi connectivity index (χ1v) is 5.86. The Morgan fingerprint density at radius 3 is 2.86 bits per heavy atom. The minimum Gasteiger partial charge on any atom is -0.467 e. The van der Waals surface area contributed by atoms with Gasteiger partial charge in [0.1, 0.15) is 12.0 Å². The van der Waals surface area contributed by atoms with Gasteiger partial charge in [0.25, 0.3) is 17.2 Å². The molecule has 0 spiro atoms. The molecule has 110 valence electrons. The van der Waals surface area contributed by atoms with Gasteiger partial charge >= 0.3 is 0 Å². The van der Waals surface area contributed by atoms with Crippen molar-refractivity contribution in [3.05, 3.63) is 61.9 Å². The van der Waals surface area contributed by atoms with Gasteiger partial charge in [-0.05, 0) is 13.0 Å². The number of rotatable bonds is 4. The van der Waals surface area contributed by atoms with E-state index in [-0.39, 0.29) is 23.4 Å². The number of pyridine rings is 1. The van der Waals surface area contributed by atoms with E-state index in [0.29, 0.717) is 5.76 Å². The van der Waals surface area contributed by atoms with Crippen molar-refractivity contribution >= 4 is 11.6 Å². The Balaban J connectivity index is 2.33. The molecule has 3 N–H and O–H groups in total. The Hall–Kier alpha value is -2.94. The number of hydrazine groups is 1. The van der Waals surface area contributed by atoms with Crippen LogP contribution >= 0.6 is 0 Å². The standard InChI is InChI=1S/C12H12N4O5/c1-7-2-11(17)15(5-10(7)16(19)20)4-9-3-8(6-21-9)12(18)14-13/h2-3,5-6H,4,13H2,1H3,(H,14,18). The van der Waals surface area contributed by atoms with Gasteiger partial charge in [-0.1, -0.05) is 0 Å². The summed E-state index contributed by atoms with van der Waals surface area (Å²) in [6.07, 6.45) is 2.33. The summed E-state index contributed by atoms with van der Waals surface area (Å²) in [7, 11) is 0. The molecule has 2 rings (SSSR count). The number of amides is 1. The van der Waals surface area contributed by atoms with Gasteiger partial charge in [0, 0.05) is 11.6 Å². The van der Waals surface area contributed by atoms with E-state index in [2.05, 4.69) is 0 Å². The lowest BCUT2D eigenvalue weighted by Crippen LogP contribution is -2.29. The number of carbonyl (C=O) groups excluding carboxylic acids is 1. The van der Waals surface area contributed by atoms with Gasteiger partial charge in [0.15, 0.2) is 0 Å². The van der Waals surface area contributed by atoms with Crippen LogP contribution in [0, 0.1) is 17.0 Å². The van der Waals surface area contributed by atoms with Gasteiger partial charge < -0.3 is 8.98 Å². The van der Waals surface area contributed by atoms with Gasteiger partial charge in [-0.3, -0.25) is 25.1 Å². The summed E-state index contributed by atoms with van der Waals surface area (Å²) in [5, 5.41) is 10.9. The number of furan rings is 1. The maximum atomic E-state index is 11.8. The lowest BCUT2D eigenvalue weighted by Gasteiger charge is -2.04. The largest absolute Gasteiger partial charge is 0.467 e. The topological polar surface area (TPSA) is 133 Å². The fourth-order valence-corrected chi connectivity index (χ4v) is 1.80. The second-order valence-electron chi connectivity index (χ2n) is 4.34. The van der Waals surface area contributed by atoms with Gasteiger partial charge in [-0.15, -0.1) is 0 Å². The number of aromatic nitrogens is 1. The third-order valence-corrected chi connectivity index (χ3v) is 2.88. The number of nitrogens with zero attached hydrogens (tertiary/aromatic N) is 2. The highest BCUT2D eigenvalue weighted by Crippen LogP contribution is 2.15. The molecule has 2 aromatic rings. The summed E-state index contributed by atoms with van der Waals surface area (Å²) in [5.41, 5.74) is 1.85. The van der Waals surface area contributed by atoms with E-state index in [4.69, 9.17) is 10.3 Å². The first kappa shape index (κ1) is 14.5. The van der Waals surface area contributed by atoms with Crippen molar-refractivity contribution in [2.45, 2.75) is 13.5 Å². The molecule has 1 amide bonds. The van der Waals surface area contributed by atoms with Crippen molar-refractivity contribution < 1.29 is 14.1 Å². The average Bonchev–Trinajstić information content (AvgIpc) is 2.89. The lowest BCUT2D eigenvalue weighted by atomic mass is 10.2. The number of hydrogen-bond acceptors (Lipinski definition) is 6.